The molecule has 2 heterocycles. The monoisotopic (exact) mass is 331 g/mol. The molecule has 2 aromatic rings. The van der Waals surface area contributed by atoms with Crippen LogP contribution >= 0.6 is 11.3 Å². The van der Waals surface area contributed by atoms with Gasteiger partial charge in [0.2, 0.25) is 5.91 Å². The van der Waals surface area contributed by atoms with Crippen molar-refractivity contribution in [3.05, 3.63) is 40.3 Å². The van der Waals surface area contributed by atoms with E-state index < -0.39 is 11.9 Å². The number of nitrogens with zero attached hydrogens (tertiary/aromatic N) is 2. The first-order valence-corrected chi connectivity index (χ1v) is 7.58. The lowest BCUT2D eigenvalue weighted by Gasteiger charge is -2.21. The molecule has 2 rings (SSSR count). The Morgan fingerprint density at radius 1 is 1.41 bits per heavy atom. The summed E-state index contributed by atoms with van der Waals surface area (Å²) in [5.41, 5.74) is -1.00. The van der Waals surface area contributed by atoms with Gasteiger partial charge in [-0.2, -0.15) is 18.3 Å². The highest BCUT2D eigenvalue weighted by Gasteiger charge is 2.33. The van der Waals surface area contributed by atoms with Gasteiger partial charge in [0.05, 0.1) is 6.04 Å². The average Bonchev–Trinajstić information content (AvgIpc) is 3.05. The van der Waals surface area contributed by atoms with Gasteiger partial charge in [0.1, 0.15) is 6.54 Å². The highest BCUT2D eigenvalue weighted by Crippen LogP contribution is 2.27. The van der Waals surface area contributed by atoms with E-state index >= 15 is 0 Å². The van der Waals surface area contributed by atoms with Crippen molar-refractivity contribution >= 4 is 17.2 Å². The molecule has 0 spiro atoms. The maximum atomic E-state index is 12.5. The third kappa shape index (κ3) is 4.09. The van der Waals surface area contributed by atoms with Gasteiger partial charge in [-0.05, 0) is 23.4 Å². The van der Waals surface area contributed by atoms with Gasteiger partial charge in [0.25, 0.3) is 0 Å². The maximum Gasteiger partial charge on any atom is 0.435 e. The van der Waals surface area contributed by atoms with E-state index in [0.29, 0.717) is 0 Å². The van der Waals surface area contributed by atoms with Crippen molar-refractivity contribution in [3.8, 4) is 0 Å². The second kappa shape index (κ2) is 6.51. The summed E-state index contributed by atoms with van der Waals surface area (Å²) in [5.74, 6) is -0.199. The molecule has 1 N–H and O–H groups in total. The van der Waals surface area contributed by atoms with E-state index in [1.54, 1.807) is 0 Å². The summed E-state index contributed by atoms with van der Waals surface area (Å²) in [5, 5.41) is 8.13. The molecular formula is C14H16F3N3OS. The van der Waals surface area contributed by atoms with Gasteiger partial charge in [-0.25, -0.2) is 0 Å². The smallest absolute Gasteiger partial charge is 0.347 e. The van der Waals surface area contributed by atoms with Crippen molar-refractivity contribution in [2.24, 2.45) is 5.92 Å². The molecule has 2 aromatic heterocycles. The highest BCUT2D eigenvalue weighted by molar-refractivity contribution is 7.10. The number of alkyl halides is 3. The van der Waals surface area contributed by atoms with Crippen LogP contribution in [0, 0.1) is 5.92 Å². The van der Waals surface area contributed by atoms with E-state index in [4.69, 9.17) is 0 Å². The summed E-state index contributed by atoms with van der Waals surface area (Å²) in [6.45, 7) is 3.70. The molecule has 4 nitrogen and oxygen atoms in total. The molecule has 0 aliphatic heterocycles. The largest absolute Gasteiger partial charge is 0.435 e. The van der Waals surface area contributed by atoms with Crippen LogP contribution in [-0.4, -0.2) is 15.7 Å². The van der Waals surface area contributed by atoms with Crippen LogP contribution in [0.2, 0.25) is 0 Å². The molecule has 0 saturated carbocycles. The summed E-state index contributed by atoms with van der Waals surface area (Å²) in [4.78, 5) is 13.0. The number of aromatic nitrogens is 2. The predicted octanol–water partition coefficient (Wildman–Crippen LogP) is 3.48. The zero-order valence-electron chi connectivity index (χ0n) is 12.1. The summed E-state index contributed by atoms with van der Waals surface area (Å²) < 4.78 is 38.4. The van der Waals surface area contributed by atoms with Crippen molar-refractivity contribution in [2.75, 3.05) is 0 Å². The van der Waals surface area contributed by atoms with Gasteiger partial charge in [-0.1, -0.05) is 19.9 Å². The van der Waals surface area contributed by atoms with E-state index in [9.17, 15) is 18.0 Å². The lowest BCUT2D eigenvalue weighted by Crippen LogP contribution is -2.34. The quantitative estimate of drug-likeness (QED) is 0.912. The summed E-state index contributed by atoms with van der Waals surface area (Å²) >= 11 is 1.53. The predicted molar refractivity (Wildman–Crippen MR) is 77.3 cm³/mol. The van der Waals surface area contributed by atoms with E-state index in [1.807, 2.05) is 31.4 Å². The molecule has 0 aliphatic rings. The standard InChI is InChI=1S/C14H16F3N3OS/c1-9(2)13(10-4-3-7-22-10)18-12(21)8-20-6-5-11(19-20)14(15,16)17/h3-7,9,13H,8H2,1-2H3,(H,18,21). The average molecular weight is 331 g/mol. The maximum absolute atomic E-state index is 12.5. The molecule has 1 atom stereocenters. The van der Waals surface area contributed by atoms with Gasteiger partial charge in [0.15, 0.2) is 5.69 Å². The van der Waals surface area contributed by atoms with Crippen LogP contribution in [0.5, 0.6) is 0 Å². The first-order valence-electron chi connectivity index (χ1n) is 6.71. The molecule has 0 bridgehead atoms. The zero-order chi connectivity index (χ0) is 16.3. The second-order valence-electron chi connectivity index (χ2n) is 5.20. The number of hydrogen-bond acceptors (Lipinski definition) is 3. The Morgan fingerprint density at radius 3 is 2.64 bits per heavy atom. The van der Waals surface area contributed by atoms with E-state index in [1.165, 1.54) is 11.3 Å². The zero-order valence-corrected chi connectivity index (χ0v) is 12.9. The number of thiophene rings is 1. The number of nitrogens with one attached hydrogen (secondary N) is 1. The van der Waals surface area contributed by atoms with Gasteiger partial charge in [-0.15, -0.1) is 11.3 Å². The van der Waals surface area contributed by atoms with E-state index in [2.05, 4.69) is 10.4 Å². The molecule has 0 saturated heterocycles. The van der Waals surface area contributed by atoms with Crippen LogP contribution in [0.1, 0.15) is 30.5 Å². The van der Waals surface area contributed by atoms with Gasteiger partial charge in [-0.3, -0.25) is 9.48 Å². The number of carbonyl (C=O) groups excluding carboxylic acids is 1. The molecule has 0 aromatic carbocycles. The van der Waals surface area contributed by atoms with E-state index in [-0.39, 0.29) is 24.4 Å². The fourth-order valence-electron chi connectivity index (χ4n) is 2.00. The van der Waals surface area contributed by atoms with Crippen LogP contribution < -0.4 is 5.32 Å². The fourth-order valence-corrected chi connectivity index (χ4v) is 2.95. The lowest BCUT2D eigenvalue weighted by atomic mass is 10.0. The van der Waals surface area contributed by atoms with Crippen molar-refractivity contribution in [2.45, 2.75) is 32.6 Å². The molecule has 1 unspecified atom stereocenters. The minimum atomic E-state index is -4.50. The molecule has 1 amide bonds. The third-order valence-electron chi connectivity index (χ3n) is 3.07. The highest BCUT2D eigenvalue weighted by atomic mass is 32.1. The van der Waals surface area contributed by atoms with Gasteiger partial charge < -0.3 is 5.32 Å². The Balaban J connectivity index is 2.01. The summed E-state index contributed by atoms with van der Waals surface area (Å²) in [6, 6.07) is 4.51. The van der Waals surface area contributed by atoms with Crippen LogP contribution in [0.25, 0.3) is 0 Å². The Kier molecular flexibility index (Phi) is 4.90. The minimum absolute atomic E-state index is 0.162. The number of rotatable bonds is 5. The van der Waals surface area contributed by atoms with Crippen LogP contribution in [0.15, 0.2) is 29.8 Å². The van der Waals surface area contributed by atoms with Crippen LogP contribution in [-0.2, 0) is 17.5 Å². The minimum Gasteiger partial charge on any atom is -0.347 e. The Morgan fingerprint density at radius 2 is 2.14 bits per heavy atom. The van der Waals surface area contributed by atoms with Crippen molar-refractivity contribution < 1.29 is 18.0 Å². The summed E-state index contributed by atoms with van der Waals surface area (Å²) in [6.07, 6.45) is -3.35. The number of amides is 1. The number of halogens is 3. The molecule has 0 radical (unpaired) electrons. The first-order chi connectivity index (χ1) is 10.3. The van der Waals surface area contributed by atoms with Crippen LogP contribution in [0.4, 0.5) is 13.2 Å². The lowest BCUT2D eigenvalue weighted by molar-refractivity contribution is -0.141. The molecule has 0 aliphatic carbocycles. The molecule has 120 valence electrons. The van der Waals surface area contributed by atoms with Gasteiger partial charge >= 0.3 is 6.18 Å². The molecular weight excluding hydrogens is 315 g/mol. The van der Waals surface area contributed by atoms with Gasteiger partial charge in [0, 0.05) is 11.1 Å². The van der Waals surface area contributed by atoms with Crippen molar-refractivity contribution in [1.29, 1.82) is 0 Å². The summed E-state index contributed by atoms with van der Waals surface area (Å²) in [7, 11) is 0. The first kappa shape index (κ1) is 16.5. The Labute approximate surface area is 129 Å². The van der Waals surface area contributed by atoms with Crippen molar-refractivity contribution in [1.82, 2.24) is 15.1 Å². The molecule has 8 heteroatoms. The fraction of sp³-hybridized carbons (Fsp3) is 0.429. The number of carbonyl (C=O) groups is 1. The number of hydrogen-bond donors (Lipinski definition) is 1. The Bertz CT molecular complexity index is 620. The third-order valence-corrected chi connectivity index (χ3v) is 4.02. The second-order valence-corrected chi connectivity index (χ2v) is 6.18. The SMILES string of the molecule is CC(C)C(NC(=O)Cn1ccc(C(F)(F)F)n1)c1cccs1. The van der Waals surface area contributed by atoms with E-state index in [0.717, 1.165) is 21.8 Å². The Hall–Kier alpha value is -1.83. The normalized spacial score (nSPS) is 13.4. The van der Waals surface area contributed by atoms with Crippen LogP contribution in [0.3, 0.4) is 0 Å². The topological polar surface area (TPSA) is 46.9 Å². The van der Waals surface area contributed by atoms with Crippen molar-refractivity contribution in [3.63, 3.8) is 0 Å². The molecule has 22 heavy (non-hydrogen) atoms. The molecule has 0 fully saturated rings.